The Kier molecular flexibility index (Phi) is 4.51. The Balaban J connectivity index is 2.03. The Morgan fingerprint density at radius 2 is 2.16 bits per heavy atom. The topological polar surface area (TPSA) is 92.8 Å². The number of hydrogen-bond donors (Lipinski definition) is 2. The Hall–Kier alpha value is -1.45. The molecule has 0 unspecified atom stereocenters. The van der Waals surface area contributed by atoms with Crippen molar-refractivity contribution in [3.63, 3.8) is 0 Å². The first-order chi connectivity index (χ1) is 9.08. The van der Waals surface area contributed by atoms with Crippen LogP contribution in [0.4, 0.5) is 10.9 Å². The fraction of sp³-hybridized carbons (Fsp3) is 0.400. The second kappa shape index (κ2) is 6.13. The van der Waals surface area contributed by atoms with Crippen LogP contribution in [0.5, 0.6) is 0 Å². The number of aryl methyl sites for hydroxylation is 1. The van der Waals surface area contributed by atoms with Crippen LogP contribution in [0.25, 0.3) is 0 Å². The van der Waals surface area contributed by atoms with Gasteiger partial charge in [-0.1, -0.05) is 23.1 Å². The molecule has 0 atom stereocenters. The summed E-state index contributed by atoms with van der Waals surface area (Å²) in [6.07, 6.45) is 0. The SMILES string of the molecule is Cc1cc(NN)nc(CSc2nnc(N(C)C)s2)n1. The number of aromatic nitrogens is 4. The van der Waals surface area contributed by atoms with E-state index in [9.17, 15) is 0 Å². The smallest absolute Gasteiger partial charge is 0.208 e. The third-order valence-corrected chi connectivity index (χ3v) is 4.37. The molecule has 2 heterocycles. The molecule has 0 bridgehead atoms. The van der Waals surface area contributed by atoms with E-state index < -0.39 is 0 Å². The Morgan fingerprint density at radius 1 is 1.37 bits per heavy atom. The van der Waals surface area contributed by atoms with Crippen LogP contribution in [0.15, 0.2) is 10.4 Å². The highest BCUT2D eigenvalue weighted by Crippen LogP contribution is 2.28. The molecule has 2 aromatic heterocycles. The highest BCUT2D eigenvalue weighted by Gasteiger charge is 2.08. The Morgan fingerprint density at radius 3 is 2.79 bits per heavy atom. The molecule has 0 saturated heterocycles. The molecule has 0 aliphatic rings. The number of thioether (sulfide) groups is 1. The van der Waals surface area contributed by atoms with Crippen molar-refractivity contribution in [3.05, 3.63) is 17.6 Å². The minimum atomic E-state index is 0.620. The molecule has 0 aromatic carbocycles. The largest absolute Gasteiger partial charge is 0.353 e. The number of nitrogens with two attached hydrogens (primary N) is 1. The van der Waals surface area contributed by atoms with E-state index in [1.807, 2.05) is 25.9 Å². The maximum absolute atomic E-state index is 5.36. The van der Waals surface area contributed by atoms with Gasteiger partial charge in [0.1, 0.15) is 11.6 Å². The van der Waals surface area contributed by atoms with E-state index in [2.05, 4.69) is 25.6 Å². The first-order valence-electron chi connectivity index (χ1n) is 5.53. The van der Waals surface area contributed by atoms with Gasteiger partial charge in [0.05, 0.1) is 5.75 Å². The monoisotopic (exact) mass is 297 g/mol. The summed E-state index contributed by atoms with van der Waals surface area (Å²) < 4.78 is 0.899. The molecular weight excluding hydrogens is 282 g/mol. The van der Waals surface area contributed by atoms with Gasteiger partial charge in [-0.25, -0.2) is 15.8 Å². The van der Waals surface area contributed by atoms with Crippen molar-refractivity contribution < 1.29 is 0 Å². The van der Waals surface area contributed by atoms with Crippen molar-refractivity contribution in [2.45, 2.75) is 17.0 Å². The van der Waals surface area contributed by atoms with Gasteiger partial charge in [-0.05, 0) is 6.92 Å². The second-order valence-corrected chi connectivity index (χ2v) is 6.17. The lowest BCUT2D eigenvalue weighted by Crippen LogP contribution is -2.10. The van der Waals surface area contributed by atoms with Crippen LogP contribution in [-0.4, -0.2) is 34.3 Å². The quantitative estimate of drug-likeness (QED) is 0.484. The predicted molar refractivity (Wildman–Crippen MR) is 78.4 cm³/mol. The summed E-state index contributed by atoms with van der Waals surface area (Å²) in [4.78, 5) is 10.6. The van der Waals surface area contributed by atoms with Crippen LogP contribution < -0.4 is 16.2 Å². The van der Waals surface area contributed by atoms with Crippen molar-refractivity contribution in [3.8, 4) is 0 Å². The zero-order valence-electron chi connectivity index (χ0n) is 10.9. The van der Waals surface area contributed by atoms with Crippen molar-refractivity contribution >= 4 is 34.0 Å². The van der Waals surface area contributed by atoms with Crippen LogP contribution in [0.1, 0.15) is 11.5 Å². The second-order valence-electron chi connectivity index (χ2n) is 3.99. The standard InChI is InChI=1S/C10H15N7S2/c1-6-4-7(14-11)13-8(12-6)5-18-10-16-15-9(19-10)17(2)3/h4H,5,11H2,1-3H3,(H,12,13,14). The lowest BCUT2D eigenvalue weighted by atomic mass is 10.4. The molecule has 0 aliphatic carbocycles. The molecule has 0 spiro atoms. The van der Waals surface area contributed by atoms with Gasteiger partial charge in [-0.3, -0.25) is 0 Å². The lowest BCUT2D eigenvalue weighted by Gasteiger charge is -2.04. The molecule has 0 saturated carbocycles. The maximum Gasteiger partial charge on any atom is 0.208 e. The van der Waals surface area contributed by atoms with Crippen molar-refractivity contribution in [2.24, 2.45) is 5.84 Å². The fourth-order valence-electron chi connectivity index (χ4n) is 1.34. The first-order valence-corrected chi connectivity index (χ1v) is 7.33. The molecule has 19 heavy (non-hydrogen) atoms. The maximum atomic E-state index is 5.36. The zero-order valence-corrected chi connectivity index (χ0v) is 12.5. The van der Waals surface area contributed by atoms with Gasteiger partial charge in [-0.15, -0.1) is 10.2 Å². The third-order valence-electron chi connectivity index (χ3n) is 2.15. The van der Waals surface area contributed by atoms with Crippen LogP contribution in [0, 0.1) is 6.92 Å². The van der Waals surface area contributed by atoms with Gasteiger partial charge in [0, 0.05) is 25.9 Å². The molecule has 0 aliphatic heterocycles. The summed E-state index contributed by atoms with van der Waals surface area (Å²) in [7, 11) is 3.88. The minimum absolute atomic E-state index is 0.620. The van der Waals surface area contributed by atoms with Crippen LogP contribution in [0.3, 0.4) is 0 Å². The molecule has 0 amide bonds. The van der Waals surface area contributed by atoms with E-state index >= 15 is 0 Å². The normalized spacial score (nSPS) is 10.5. The van der Waals surface area contributed by atoms with Crippen LogP contribution in [-0.2, 0) is 5.75 Å². The molecule has 2 aromatic rings. The molecule has 2 rings (SSSR count). The summed E-state index contributed by atoms with van der Waals surface area (Å²) in [6.45, 7) is 1.91. The molecule has 7 nitrogen and oxygen atoms in total. The van der Waals surface area contributed by atoms with Crippen LogP contribution in [0.2, 0.25) is 0 Å². The Bertz CT molecular complexity index is 555. The van der Waals surface area contributed by atoms with Gasteiger partial charge >= 0.3 is 0 Å². The summed E-state index contributed by atoms with van der Waals surface area (Å²) in [5.41, 5.74) is 3.41. The van der Waals surface area contributed by atoms with E-state index in [0.717, 1.165) is 21.0 Å². The number of nitrogens with zero attached hydrogens (tertiary/aromatic N) is 5. The first kappa shape index (κ1) is 14.0. The molecule has 9 heteroatoms. The number of nitrogens with one attached hydrogen (secondary N) is 1. The number of hydrazine groups is 1. The van der Waals surface area contributed by atoms with E-state index in [4.69, 9.17) is 5.84 Å². The van der Waals surface area contributed by atoms with Gasteiger partial charge < -0.3 is 10.3 Å². The van der Waals surface area contributed by atoms with E-state index in [1.54, 1.807) is 29.2 Å². The third kappa shape index (κ3) is 3.75. The molecule has 0 fully saturated rings. The highest BCUT2D eigenvalue weighted by atomic mass is 32.2. The Labute approximate surface area is 119 Å². The number of nitrogen functional groups attached to an aromatic ring is 1. The number of rotatable bonds is 5. The van der Waals surface area contributed by atoms with Gasteiger partial charge in [-0.2, -0.15) is 0 Å². The summed E-state index contributed by atoms with van der Waals surface area (Å²) >= 11 is 3.11. The van der Waals surface area contributed by atoms with E-state index in [-0.39, 0.29) is 0 Å². The summed E-state index contributed by atoms with van der Waals surface area (Å²) in [5.74, 6) is 7.34. The summed E-state index contributed by atoms with van der Waals surface area (Å²) in [6, 6.07) is 1.79. The predicted octanol–water partition coefficient (Wildman–Crippen LogP) is 1.28. The van der Waals surface area contributed by atoms with Crippen LogP contribution >= 0.6 is 23.1 Å². The van der Waals surface area contributed by atoms with Gasteiger partial charge in [0.2, 0.25) is 5.13 Å². The minimum Gasteiger partial charge on any atom is -0.353 e. The molecule has 3 N–H and O–H groups in total. The average molecular weight is 297 g/mol. The van der Waals surface area contributed by atoms with E-state index in [0.29, 0.717) is 11.6 Å². The van der Waals surface area contributed by atoms with Gasteiger partial charge in [0.25, 0.3) is 0 Å². The molecule has 102 valence electrons. The van der Waals surface area contributed by atoms with Crippen molar-refractivity contribution in [1.82, 2.24) is 20.2 Å². The van der Waals surface area contributed by atoms with E-state index in [1.165, 1.54) is 0 Å². The highest BCUT2D eigenvalue weighted by molar-refractivity contribution is 8.00. The number of anilines is 2. The summed E-state index contributed by atoms with van der Waals surface area (Å²) in [5, 5.41) is 9.08. The van der Waals surface area contributed by atoms with Crippen molar-refractivity contribution in [2.75, 3.05) is 24.4 Å². The molecule has 0 radical (unpaired) electrons. The number of hydrogen-bond acceptors (Lipinski definition) is 9. The van der Waals surface area contributed by atoms with Gasteiger partial charge in [0.15, 0.2) is 4.34 Å². The average Bonchev–Trinajstić information content (AvgIpc) is 2.84. The lowest BCUT2D eigenvalue weighted by molar-refractivity contribution is 0.965. The zero-order chi connectivity index (χ0) is 13.8. The van der Waals surface area contributed by atoms with Crippen molar-refractivity contribution in [1.29, 1.82) is 0 Å². The molecular formula is C10H15N7S2. The fourth-order valence-corrected chi connectivity index (χ4v) is 2.95.